The number of benzene rings is 2. The molecular formula is C28H38ClN3O2. The van der Waals surface area contributed by atoms with E-state index in [1.54, 1.807) is 18.2 Å². The van der Waals surface area contributed by atoms with E-state index in [2.05, 4.69) is 22.3 Å². The summed E-state index contributed by atoms with van der Waals surface area (Å²) in [4.78, 5) is 25.3. The first-order valence-electron chi connectivity index (χ1n) is 12.5. The van der Waals surface area contributed by atoms with E-state index in [9.17, 15) is 9.59 Å². The quantitative estimate of drug-likeness (QED) is 0.522. The van der Waals surface area contributed by atoms with Crippen molar-refractivity contribution in [1.29, 1.82) is 0 Å². The van der Waals surface area contributed by atoms with Gasteiger partial charge >= 0.3 is 0 Å². The Morgan fingerprint density at radius 3 is 2.50 bits per heavy atom. The summed E-state index contributed by atoms with van der Waals surface area (Å²) in [7, 11) is 0. The number of nitrogens with two attached hydrogens (primary N) is 1. The average Bonchev–Trinajstić information content (AvgIpc) is 2.86. The summed E-state index contributed by atoms with van der Waals surface area (Å²) >= 11 is 6.12. The molecular weight excluding hydrogens is 446 g/mol. The van der Waals surface area contributed by atoms with Crippen LogP contribution in [0.1, 0.15) is 66.4 Å². The van der Waals surface area contributed by atoms with Gasteiger partial charge in [0.25, 0.3) is 5.91 Å². The minimum Gasteiger partial charge on any atom is -0.328 e. The van der Waals surface area contributed by atoms with Crippen molar-refractivity contribution in [3.8, 4) is 0 Å². The van der Waals surface area contributed by atoms with Crippen LogP contribution in [0.25, 0.3) is 0 Å². The van der Waals surface area contributed by atoms with Gasteiger partial charge in [0.15, 0.2) is 0 Å². The molecule has 0 spiro atoms. The van der Waals surface area contributed by atoms with Crippen molar-refractivity contribution in [3.05, 3.63) is 64.2 Å². The first-order valence-corrected chi connectivity index (χ1v) is 12.9. The van der Waals surface area contributed by atoms with Gasteiger partial charge in [0.05, 0.1) is 0 Å². The van der Waals surface area contributed by atoms with E-state index in [0.717, 1.165) is 56.2 Å². The molecule has 0 atom stereocenters. The molecule has 2 fully saturated rings. The number of amides is 1. The molecule has 5 nitrogen and oxygen atoms in total. The van der Waals surface area contributed by atoms with Crippen LogP contribution in [0, 0.1) is 12.8 Å². The van der Waals surface area contributed by atoms with E-state index in [0.29, 0.717) is 22.5 Å². The summed E-state index contributed by atoms with van der Waals surface area (Å²) in [5.41, 5.74) is 9.15. The van der Waals surface area contributed by atoms with Gasteiger partial charge in [0.2, 0.25) is 0 Å². The number of nitrogens with zero attached hydrogens (tertiary/aromatic N) is 1. The third kappa shape index (κ3) is 8.23. The van der Waals surface area contributed by atoms with Gasteiger partial charge in [0, 0.05) is 34.8 Å². The summed E-state index contributed by atoms with van der Waals surface area (Å²) < 4.78 is 0. The Labute approximate surface area is 209 Å². The van der Waals surface area contributed by atoms with Crippen LogP contribution >= 0.6 is 11.6 Å². The number of aldehydes is 1. The van der Waals surface area contributed by atoms with Crippen LogP contribution in [0.4, 0.5) is 5.69 Å². The molecule has 6 heteroatoms. The zero-order chi connectivity index (χ0) is 24.3. The van der Waals surface area contributed by atoms with E-state index in [1.165, 1.54) is 37.9 Å². The maximum absolute atomic E-state index is 12.5. The third-order valence-corrected chi connectivity index (χ3v) is 7.28. The van der Waals surface area contributed by atoms with Gasteiger partial charge < -0.3 is 20.7 Å². The number of hydrogen-bond acceptors (Lipinski definition) is 4. The van der Waals surface area contributed by atoms with Crippen LogP contribution in [-0.4, -0.2) is 42.8 Å². The predicted molar refractivity (Wildman–Crippen MR) is 141 cm³/mol. The second-order valence-electron chi connectivity index (χ2n) is 9.53. The molecule has 2 aromatic rings. The Morgan fingerprint density at radius 2 is 1.79 bits per heavy atom. The Bertz CT molecular complexity index is 935. The van der Waals surface area contributed by atoms with Crippen LogP contribution in [-0.2, 0) is 11.2 Å². The van der Waals surface area contributed by atoms with Gasteiger partial charge in [-0.25, -0.2) is 0 Å². The highest BCUT2D eigenvalue weighted by atomic mass is 35.5. The molecule has 184 valence electrons. The number of likely N-dealkylation sites (tertiary alicyclic amines) is 1. The van der Waals surface area contributed by atoms with E-state index in [4.69, 9.17) is 17.3 Å². The van der Waals surface area contributed by atoms with Crippen LogP contribution in [0.15, 0.2) is 42.5 Å². The molecule has 1 saturated heterocycles. The molecule has 34 heavy (non-hydrogen) atoms. The first kappa shape index (κ1) is 26.4. The maximum atomic E-state index is 12.5. The predicted octanol–water partition coefficient (Wildman–Crippen LogP) is 5.63. The number of hydrogen-bond donors (Lipinski definition) is 2. The van der Waals surface area contributed by atoms with Crippen molar-refractivity contribution < 1.29 is 9.59 Å². The second kappa shape index (κ2) is 13.6. The molecule has 2 aliphatic rings. The average molecular weight is 484 g/mol. The van der Waals surface area contributed by atoms with Crippen LogP contribution < -0.4 is 11.1 Å². The molecule has 1 aliphatic carbocycles. The molecule has 4 rings (SSSR count). The number of halogens is 1. The Hall–Kier alpha value is -2.21. The van der Waals surface area contributed by atoms with Crippen molar-refractivity contribution in [2.45, 2.75) is 64.3 Å². The smallest absolute Gasteiger partial charge is 0.255 e. The normalized spacial score (nSPS) is 20.7. The summed E-state index contributed by atoms with van der Waals surface area (Å²) in [6.45, 7) is 5.38. The molecule has 1 amide bonds. The molecule has 0 radical (unpaired) electrons. The lowest BCUT2D eigenvalue weighted by atomic mass is 9.88. The summed E-state index contributed by atoms with van der Waals surface area (Å²) in [6.07, 6.45) is 10.1. The topological polar surface area (TPSA) is 75.4 Å². The van der Waals surface area contributed by atoms with Gasteiger partial charge in [-0.2, -0.15) is 0 Å². The Balaban J connectivity index is 0.000000302. The van der Waals surface area contributed by atoms with Crippen molar-refractivity contribution in [2.75, 3.05) is 25.0 Å². The van der Waals surface area contributed by atoms with E-state index in [-0.39, 0.29) is 5.91 Å². The van der Waals surface area contributed by atoms with Gasteiger partial charge in [-0.15, -0.1) is 0 Å². The molecule has 1 aliphatic heterocycles. The fourth-order valence-electron chi connectivity index (χ4n) is 4.61. The number of rotatable bonds is 6. The highest BCUT2D eigenvalue weighted by Gasteiger charge is 2.17. The van der Waals surface area contributed by atoms with Gasteiger partial charge in [0.1, 0.15) is 6.29 Å². The Kier molecular flexibility index (Phi) is 10.6. The minimum atomic E-state index is -0.117. The lowest BCUT2D eigenvalue weighted by Crippen LogP contribution is -2.31. The lowest BCUT2D eigenvalue weighted by Gasteiger charge is -2.26. The number of carbonyl (C=O) groups is 2. The highest BCUT2D eigenvalue weighted by molar-refractivity contribution is 6.32. The Morgan fingerprint density at radius 1 is 1.09 bits per heavy atom. The zero-order valence-corrected chi connectivity index (χ0v) is 21.0. The lowest BCUT2D eigenvalue weighted by molar-refractivity contribution is -0.111. The zero-order valence-electron chi connectivity index (χ0n) is 20.3. The van der Waals surface area contributed by atoms with Crippen LogP contribution in [0.2, 0.25) is 5.02 Å². The van der Waals surface area contributed by atoms with E-state index < -0.39 is 0 Å². The first-order chi connectivity index (χ1) is 16.5. The molecule has 0 aromatic heterocycles. The monoisotopic (exact) mass is 483 g/mol. The van der Waals surface area contributed by atoms with E-state index >= 15 is 0 Å². The van der Waals surface area contributed by atoms with E-state index in [1.807, 2.05) is 19.1 Å². The molecule has 0 unspecified atom stereocenters. The molecule has 2 aromatic carbocycles. The number of piperidine rings is 1. The molecule has 1 heterocycles. The highest BCUT2D eigenvalue weighted by Crippen LogP contribution is 2.21. The summed E-state index contributed by atoms with van der Waals surface area (Å²) in [6, 6.07) is 13.9. The van der Waals surface area contributed by atoms with Gasteiger partial charge in [-0.1, -0.05) is 36.2 Å². The number of anilines is 1. The standard InChI is InChI=1S/C21H25ClN2O.C7H13NO/c1-16-19(9-6-10-20(16)22)21(25)23-18-8-5-7-17(15-18)11-14-24-12-3-2-4-13-24;8-7-3-1-6(5-9)2-4-7/h5-10,15H,2-4,11-14H2,1H3,(H,23,25);5-7H,1-4,8H2. The molecule has 3 N–H and O–H groups in total. The molecule has 0 bridgehead atoms. The summed E-state index contributed by atoms with van der Waals surface area (Å²) in [5, 5.41) is 3.61. The van der Waals surface area contributed by atoms with Gasteiger partial charge in [-0.3, -0.25) is 4.79 Å². The third-order valence-electron chi connectivity index (χ3n) is 6.87. The number of nitrogens with one attached hydrogen (secondary N) is 1. The van der Waals surface area contributed by atoms with Crippen LogP contribution in [0.3, 0.4) is 0 Å². The largest absolute Gasteiger partial charge is 0.328 e. The SMILES string of the molecule is Cc1c(Cl)cccc1C(=O)Nc1cccc(CCN2CCCCC2)c1.NC1CCC(C=O)CC1. The molecule has 1 saturated carbocycles. The van der Waals surface area contributed by atoms with Crippen molar-refractivity contribution in [3.63, 3.8) is 0 Å². The van der Waals surface area contributed by atoms with Crippen LogP contribution in [0.5, 0.6) is 0 Å². The number of carbonyl (C=O) groups excluding carboxylic acids is 2. The van der Waals surface area contributed by atoms with Crippen molar-refractivity contribution in [2.24, 2.45) is 11.7 Å². The second-order valence-corrected chi connectivity index (χ2v) is 9.94. The van der Waals surface area contributed by atoms with Crippen molar-refractivity contribution in [1.82, 2.24) is 4.90 Å². The van der Waals surface area contributed by atoms with Crippen molar-refractivity contribution >= 4 is 29.5 Å². The summed E-state index contributed by atoms with van der Waals surface area (Å²) in [5.74, 6) is 0.193. The van der Waals surface area contributed by atoms with Gasteiger partial charge in [-0.05, 0) is 100 Å². The fourth-order valence-corrected chi connectivity index (χ4v) is 4.78. The minimum absolute atomic E-state index is 0.117. The maximum Gasteiger partial charge on any atom is 0.255 e. The fraction of sp³-hybridized carbons (Fsp3) is 0.500.